The van der Waals surface area contributed by atoms with Crippen molar-refractivity contribution >= 4 is 23.3 Å². The highest BCUT2D eigenvalue weighted by Crippen LogP contribution is 2.23. The van der Waals surface area contributed by atoms with Crippen LogP contribution in [-0.4, -0.2) is 25.0 Å². The first-order valence-electron chi connectivity index (χ1n) is 7.35. The van der Waals surface area contributed by atoms with Gasteiger partial charge < -0.3 is 10.6 Å². The molecule has 0 spiro atoms. The quantitative estimate of drug-likeness (QED) is 0.838. The van der Waals surface area contributed by atoms with Gasteiger partial charge in [-0.25, -0.2) is 4.79 Å². The van der Waals surface area contributed by atoms with Crippen LogP contribution in [0.15, 0.2) is 36.4 Å². The lowest BCUT2D eigenvalue weighted by molar-refractivity contribution is -0.120. The molecule has 0 aromatic heterocycles. The molecule has 0 saturated carbocycles. The Bertz CT molecular complexity index is 583. The van der Waals surface area contributed by atoms with Crippen LogP contribution in [0.5, 0.6) is 0 Å². The van der Waals surface area contributed by atoms with E-state index in [1.165, 1.54) is 0 Å². The zero-order valence-corrected chi connectivity index (χ0v) is 11.8. The van der Waals surface area contributed by atoms with Crippen LogP contribution in [0.25, 0.3) is 0 Å². The number of rotatable bonds is 3. The van der Waals surface area contributed by atoms with Crippen LogP contribution in [0.2, 0.25) is 0 Å². The van der Waals surface area contributed by atoms with Gasteiger partial charge in [0, 0.05) is 30.4 Å². The summed E-state index contributed by atoms with van der Waals surface area (Å²) in [5.41, 5.74) is 1.55. The summed E-state index contributed by atoms with van der Waals surface area (Å²) >= 11 is 0. The molecule has 1 fully saturated rings. The van der Waals surface area contributed by atoms with Gasteiger partial charge >= 0.3 is 6.03 Å². The predicted octanol–water partition coefficient (Wildman–Crippen LogP) is 2.51. The minimum absolute atomic E-state index is 0.0498. The Hall–Kier alpha value is -2.30. The van der Waals surface area contributed by atoms with Crippen LogP contribution in [-0.2, 0) is 4.79 Å². The molecule has 0 radical (unpaired) electrons. The third kappa shape index (κ3) is 3.07. The van der Waals surface area contributed by atoms with Gasteiger partial charge in [0.2, 0.25) is 5.91 Å². The number of anilines is 2. The number of urea groups is 1. The first-order valence-corrected chi connectivity index (χ1v) is 7.35. The third-order valence-corrected chi connectivity index (χ3v) is 3.92. The molecule has 1 aliphatic carbocycles. The smallest absolute Gasteiger partial charge is 0.321 e. The molecular weight excluding hydrogens is 266 g/mol. The molecule has 1 saturated heterocycles. The maximum absolute atomic E-state index is 12.2. The van der Waals surface area contributed by atoms with Gasteiger partial charge in [0.05, 0.1) is 0 Å². The number of nitrogens with zero attached hydrogens (tertiary/aromatic N) is 1. The number of hydrogen-bond donors (Lipinski definition) is 2. The molecule has 3 rings (SSSR count). The van der Waals surface area contributed by atoms with Crippen molar-refractivity contribution in [3.05, 3.63) is 36.4 Å². The minimum Gasteiger partial charge on any atom is -0.336 e. The minimum atomic E-state index is -0.0871. The summed E-state index contributed by atoms with van der Waals surface area (Å²) in [7, 11) is 0. The largest absolute Gasteiger partial charge is 0.336 e. The highest BCUT2D eigenvalue weighted by Gasteiger charge is 2.22. The Labute approximate surface area is 124 Å². The summed E-state index contributed by atoms with van der Waals surface area (Å²) in [4.78, 5) is 25.6. The molecule has 0 bridgehead atoms. The maximum Gasteiger partial charge on any atom is 0.321 e. The van der Waals surface area contributed by atoms with E-state index in [9.17, 15) is 9.59 Å². The first-order chi connectivity index (χ1) is 10.2. The number of hydrogen-bond acceptors (Lipinski definition) is 2. The Morgan fingerprint density at radius 2 is 2.24 bits per heavy atom. The third-order valence-electron chi connectivity index (χ3n) is 3.92. The zero-order chi connectivity index (χ0) is 14.7. The second-order valence-corrected chi connectivity index (χ2v) is 5.40. The summed E-state index contributed by atoms with van der Waals surface area (Å²) in [5.74, 6) is 0.108. The predicted molar refractivity (Wildman–Crippen MR) is 82.3 cm³/mol. The lowest BCUT2D eigenvalue weighted by atomic mass is 9.93. The van der Waals surface area contributed by atoms with Crippen molar-refractivity contribution in [3.8, 4) is 0 Å². The van der Waals surface area contributed by atoms with Crippen molar-refractivity contribution < 1.29 is 9.59 Å². The van der Waals surface area contributed by atoms with E-state index in [0.29, 0.717) is 13.1 Å². The Kier molecular flexibility index (Phi) is 3.90. The average molecular weight is 285 g/mol. The molecule has 2 N–H and O–H groups in total. The molecule has 5 heteroatoms. The SMILES string of the molecule is O=C(Nc1cccc(N2CCNC2=O)c1)[C@H]1CC=CCC1. The Balaban J connectivity index is 1.69. The van der Waals surface area contributed by atoms with Gasteiger partial charge in [0.25, 0.3) is 0 Å². The lowest BCUT2D eigenvalue weighted by Crippen LogP contribution is -2.28. The highest BCUT2D eigenvalue weighted by atomic mass is 16.2. The molecule has 21 heavy (non-hydrogen) atoms. The first kappa shape index (κ1) is 13.7. The van der Waals surface area contributed by atoms with Crippen molar-refractivity contribution in [3.63, 3.8) is 0 Å². The molecule has 3 amide bonds. The van der Waals surface area contributed by atoms with E-state index in [4.69, 9.17) is 0 Å². The van der Waals surface area contributed by atoms with Gasteiger partial charge in [-0.2, -0.15) is 0 Å². The fourth-order valence-electron chi connectivity index (χ4n) is 2.75. The molecule has 1 atom stereocenters. The van der Waals surface area contributed by atoms with Gasteiger partial charge in [-0.05, 0) is 37.5 Å². The summed E-state index contributed by atoms with van der Waals surface area (Å²) in [6.45, 7) is 1.31. The van der Waals surface area contributed by atoms with E-state index in [1.807, 2.05) is 24.3 Å². The standard InChI is InChI=1S/C16H19N3O2/c20-15(12-5-2-1-3-6-12)18-13-7-4-8-14(11-13)19-10-9-17-16(19)21/h1-2,4,7-8,11-12H,3,5-6,9-10H2,(H,17,21)(H,18,20)/t12-/m0/s1. The second kappa shape index (κ2) is 5.99. The molecular formula is C16H19N3O2. The molecule has 5 nitrogen and oxygen atoms in total. The summed E-state index contributed by atoms with van der Waals surface area (Å²) < 4.78 is 0. The van der Waals surface area contributed by atoms with Crippen LogP contribution < -0.4 is 15.5 Å². The van der Waals surface area contributed by atoms with Crippen LogP contribution in [0.3, 0.4) is 0 Å². The molecule has 1 aromatic rings. The monoisotopic (exact) mass is 285 g/mol. The molecule has 2 aliphatic rings. The number of carbonyl (C=O) groups excluding carboxylic acids is 2. The molecule has 0 unspecified atom stereocenters. The Morgan fingerprint density at radius 1 is 1.33 bits per heavy atom. The molecule has 1 aromatic carbocycles. The van der Waals surface area contributed by atoms with Gasteiger partial charge in [-0.1, -0.05) is 18.2 Å². The summed E-state index contributed by atoms with van der Waals surface area (Å²) in [6.07, 6.45) is 6.86. The van der Waals surface area contributed by atoms with E-state index < -0.39 is 0 Å². The zero-order valence-electron chi connectivity index (χ0n) is 11.8. The molecule has 1 aliphatic heterocycles. The summed E-state index contributed by atoms with van der Waals surface area (Å²) in [6, 6.07) is 7.35. The van der Waals surface area contributed by atoms with E-state index >= 15 is 0 Å². The van der Waals surface area contributed by atoms with Gasteiger partial charge in [-0.15, -0.1) is 0 Å². The van der Waals surface area contributed by atoms with Crippen LogP contribution in [0.4, 0.5) is 16.2 Å². The average Bonchev–Trinajstić information content (AvgIpc) is 2.94. The lowest BCUT2D eigenvalue weighted by Gasteiger charge is -2.19. The second-order valence-electron chi connectivity index (χ2n) is 5.40. The number of benzene rings is 1. The maximum atomic E-state index is 12.2. The van der Waals surface area contributed by atoms with Gasteiger partial charge in [0.15, 0.2) is 0 Å². The van der Waals surface area contributed by atoms with Crippen molar-refractivity contribution in [2.45, 2.75) is 19.3 Å². The van der Waals surface area contributed by atoms with E-state index in [2.05, 4.69) is 22.8 Å². The molecule has 110 valence electrons. The normalized spacial score (nSPS) is 21.2. The van der Waals surface area contributed by atoms with E-state index in [0.717, 1.165) is 30.6 Å². The number of amides is 3. The fraction of sp³-hybridized carbons (Fsp3) is 0.375. The topological polar surface area (TPSA) is 61.4 Å². The Morgan fingerprint density at radius 3 is 2.95 bits per heavy atom. The van der Waals surface area contributed by atoms with Crippen molar-refractivity contribution in [2.24, 2.45) is 5.92 Å². The van der Waals surface area contributed by atoms with E-state index in [1.54, 1.807) is 4.90 Å². The molecule has 1 heterocycles. The number of allylic oxidation sites excluding steroid dienone is 2. The fourth-order valence-corrected chi connectivity index (χ4v) is 2.75. The number of carbonyl (C=O) groups is 2. The van der Waals surface area contributed by atoms with Crippen molar-refractivity contribution in [1.82, 2.24) is 5.32 Å². The van der Waals surface area contributed by atoms with Gasteiger partial charge in [0.1, 0.15) is 0 Å². The number of nitrogens with one attached hydrogen (secondary N) is 2. The van der Waals surface area contributed by atoms with Crippen LogP contribution in [0, 0.1) is 5.92 Å². The highest BCUT2D eigenvalue weighted by molar-refractivity contribution is 5.96. The van der Waals surface area contributed by atoms with E-state index in [-0.39, 0.29) is 17.9 Å². The van der Waals surface area contributed by atoms with Crippen LogP contribution >= 0.6 is 0 Å². The summed E-state index contributed by atoms with van der Waals surface area (Å²) in [5, 5.41) is 5.73. The van der Waals surface area contributed by atoms with Gasteiger partial charge in [-0.3, -0.25) is 9.69 Å². The van der Waals surface area contributed by atoms with Crippen LogP contribution in [0.1, 0.15) is 19.3 Å². The van der Waals surface area contributed by atoms with Crippen molar-refractivity contribution in [1.29, 1.82) is 0 Å². The van der Waals surface area contributed by atoms with Crippen molar-refractivity contribution in [2.75, 3.05) is 23.3 Å².